The van der Waals surface area contributed by atoms with Crippen LogP contribution >= 0.6 is 0 Å². The van der Waals surface area contributed by atoms with Crippen LogP contribution in [0.2, 0.25) is 0 Å². The summed E-state index contributed by atoms with van der Waals surface area (Å²) in [5.74, 6) is 0. The molecule has 1 heterocycles. The Kier molecular flexibility index (Phi) is 4.21. The molecule has 0 aliphatic carbocycles. The monoisotopic (exact) mass is 258 g/mol. The number of likely N-dealkylation sites (N-methyl/N-ethyl adjacent to an activating group) is 1. The maximum absolute atomic E-state index is 11.9. The first-order valence-corrected chi connectivity index (χ1v) is 6.02. The van der Waals surface area contributed by atoms with Crippen LogP contribution in [-0.2, 0) is 9.53 Å². The highest BCUT2D eigenvalue weighted by Crippen LogP contribution is 2.22. The van der Waals surface area contributed by atoms with E-state index in [9.17, 15) is 14.7 Å². The van der Waals surface area contributed by atoms with Crippen LogP contribution in [-0.4, -0.2) is 64.8 Å². The van der Waals surface area contributed by atoms with Gasteiger partial charge in [-0.3, -0.25) is 4.79 Å². The van der Waals surface area contributed by atoms with Gasteiger partial charge in [-0.25, -0.2) is 4.79 Å². The summed E-state index contributed by atoms with van der Waals surface area (Å²) in [6.45, 7) is 7.42. The first kappa shape index (κ1) is 14.8. The summed E-state index contributed by atoms with van der Waals surface area (Å²) in [6.07, 6.45) is -0.559. The van der Waals surface area contributed by atoms with Crippen LogP contribution < -0.4 is 0 Å². The number of nitrogens with zero attached hydrogens (tertiary/aromatic N) is 2. The van der Waals surface area contributed by atoms with Crippen molar-refractivity contribution in [2.75, 3.05) is 13.6 Å². The standard InChI is InChI=1S/C12H22N2O4/c1-8-10(16)9(6-14(8)7-15)13(5)11(17)18-12(2,3)4/h7-10,16H,6H2,1-5H3. The van der Waals surface area contributed by atoms with Crippen LogP contribution in [0.1, 0.15) is 27.7 Å². The van der Waals surface area contributed by atoms with Gasteiger partial charge >= 0.3 is 6.09 Å². The molecule has 0 spiro atoms. The van der Waals surface area contributed by atoms with Gasteiger partial charge in [0.05, 0.1) is 18.2 Å². The lowest BCUT2D eigenvalue weighted by atomic mass is 10.1. The van der Waals surface area contributed by atoms with Gasteiger partial charge in [0.25, 0.3) is 0 Å². The van der Waals surface area contributed by atoms with Gasteiger partial charge in [0.1, 0.15) is 5.60 Å². The Bertz CT molecular complexity index is 327. The average molecular weight is 258 g/mol. The van der Waals surface area contributed by atoms with Crippen LogP contribution in [0.15, 0.2) is 0 Å². The average Bonchev–Trinajstić information content (AvgIpc) is 2.52. The third-order valence-electron chi connectivity index (χ3n) is 3.12. The SMILES string of the molecule is CC1C(O)C(N(C)C(=O)OC(C)(C)C)CN1C=O. The molecule has 0 aromatic heterocycles. The molecule has 0 saturated carbocycles. The number of hydrogen-bond donors (Lipinski definition) is 1. The van der Waals surface area contributed by atoms with Crippen LogP contribution in [0, 0.1) is 0 Å². The van der Waals surface area contributed by atoms with E-state index in [0.29, 0.717) is 13.0 Å². The first-order chi connectivity index (χ1) is 8.17. The Morgan fingerprint density at radius 2 is 2.06 bits per heavy atom. The zero-order valence-electron chi connectivity index (χ0n) is 11.6. The number of rotatable bonds is 2. The summed E-state index contributed by atoms with van der Waals surface area (Å²) >= 11 is 0. The number of likely N-dealkylation sites (tertiary alicyclic amines) is 1. The fraction of sp³-hybridized carbons (Fsp3) is 0.833. The predicted molar refractivity (Wildman–Crippen MR) is 66.0 cm³/mol. The third-order valence-corrected chi connectivity index (χ3v) is 3.12. The van der Waals surface area contributed by atoms with Crippen molar-refractivity contribution in [1.29, 1.82) is 0 Å². The van der Waals surface area contributed by atoms with E-state index in [0.717, 1.165) is 0 Å². The molecule has 0 aromatic rings. The van der Waals surface area contributed by atoms with E-state index >= 15 is 0 Å². The second-order valence-corrected chi connectivity index (χ2v) is 5.69. The molecular formula is C12H22N2O4. The van der Waals surface area contributed by atoms with Crippen LogP contribution in [0.5, 0.6) is 0 Å². The second-order valence-electron chi connectivity index (χ2n) is 5.69. The Balaban J connectivity index is 2.70. The Labute approximate surface area is 107 Å². The van der Waals surface area contributed by atoms with Gasteiger partial charge in [-0.1, -0.05) is 0 Å². The summed E-state index contributed by atoms with van der Waals surface area (Å²) in [6, 6.07) is -0.725. The molecule has 6 heteroatoms. The predicted octanol–water partition coefficient (Wildman–Crippen LogP) is 0.443. The summed E-state index contributed by atoms with van der Waals surface area (Å²) in [7, 11) is 1.57. The molecule has 18 heavy (non-hydrogen) atoms. The maximum Gasteiger partial charge on any atom is 0.410 e. The van der Waals surface area contributed by atoms with Gasteiger partial charge in [0.2, 0.25) is 6.41 Å². The van der Waals surface area contributed by atoms with Gasteiger partial charge in [-0.2, -0.15) is 0 Å². The molecule has 3 atom stereocenters. The normalized spacial score (nSPS) is 28.1. The number of ether oxygens (including phenoxy) is 1. The lowest BCUT2D eigenvalue weighted by Crippen LogP contribution is -2.47. The summed E-state index contributed by atoms with van der Waals surface area (Å²) < 4.78 is 5.23. The molecule has 3 unspecified atom stereocenters. The van der Waals surface area contributed by atoms with E-state index in [1.807, 2.05) is 0 Å². The summed E-state index contributed by atoms with van der Waals surface area (Å²) in [5, 5.41) is 10.0. The molecule has 1 saturated heterocycles. The van der Waals surface area contributed by atoms with Crippen molar-refractivity contribution in [1.82, 2.24) is 9.80 Å². The van der Waals surface area contributed by atoms with E-state index < -0.39 is 23.8 Å². The van der Waals surface area contributed by atoms with Crippen LogP contribution in [0.25, 0.3) is 0 Å². The molecule has 6 nitrogen and oxygen atoms in total. The zero-order chi connectivity index (χ0) is 14.1. The highest BCUT2D eigenvalue weighted by Gasteiger charge is 2.41. The lowest BCUT2D eigenvalue weighted by molar-refractivity contribution is -0.119. The molecule has 1 N–H and O–H groups in total. The topological polar surface area (TPSA) is 70.1 Å². The van der Waals surface area contributed by atoms with Crippen LogP contribution in [0.4, 0.5) is 4.79 Å². The third kappa shape index (κ3) is 3.13. The fourth-order valence-corrected chi connectivity index (χ4v) is 1.97. The number of hydrogen-bond acceptors (Lipinski definition) is 4. The summed E-state index contributed by atoms with van der Waals surface area (Å²) in [4.78, 5) is 25.5. The first-order valence-electron chi connectivity index (χ1n) is 6.02. The summed E-state index contributed by atoms with van der Waals surface area (Å²) in [5.41, 5.74) is -0.579. The van der Waals surface area contributed by atoms with E-state index in [1.54, 1.807) is 34.7 Å². The van der Waals surface area contributed by atoms with Gasteiger partial charge in [0, 0.05) is 13.6 Å². The number of aliphatic hydroxyl groups is 1. The van der Waals surface area contributed by atoms with Crippen molar-refractivity contribution in [3.63, 3.8) is 0 Å². The largest absolute Gasteiger partial charge is 0.444 e. The molecule has 1 rings (SSSR count). The quantitative estimate of drug-likeness (QED) is 0.730. The van der Waals surface area contributed by atoms with E-state index in [4.69, 9.17) is 4.74 Å². The molecule has 1 aliphatic heterocycles. The smallest absolute Gasteiger partial charge is 0.410 e. The van der Waals surface area contributed by atoms with Gasteiger partial charge in [-0.15, -0.1) is 0 Å². The molecule has 0 aromatic carbocycles. The number of aliphatic hydroxyl groups excluding tert-OH is 1. The van der Waals surface area contributed by atoms with Crippen molar-refractivity contribution in [3.05, 3.63) is 0 Å². The van der Waals surface area contributed by atoms with E-state index in [-0.39, 0.29) is 6.04 Å². The highest BCUT2D eigenvalue weighted by atomic mass is 16.6. The van der Waals surface area contributed by atoms with Crippen molar-refractivity contribution >= 4 is 12.5 Å². The van der Waals surface area contributed by atoms with Crippen molar-refractivity contribution < 1.29 is 19.4 Å². The number of amides is 2. The molecule has 1 aliphatic rings. The molecule has 1 fully saturated rings. The Morgan fingerprint density at radius 3 is 2.44 bits per heavy atom. The molecule has 2 amide bonds. The van der Waals surface area contributed by atoms with E-state index in [2.05, 4.69) is 0 Å². The van der Waals surface area contributed by atoms with Crippen molar-refractivity contribution in [2.24, 2.45) is 0 Å². The molecule has 0 radical (unpaired) electrons. The maximum atomic E-state index is 11.9. The zero-order valence-corrected chi connectivity index (χ0v) is 11.6. The Hall–Kier alpha value is -1.30. The molecular weight excluding hydrogens is 236 g/mol. The fourth-order valence-electron chi connectivity index (χ4n) is 1.97. The van der Waals surface area contributed by atoms with Crippen LogP contribution in [0.3, 0.4) is 0 Å². The van der Waals surface area contributed by atoms with E-state index in [1.165, 1.54) is 9.80 Å². The minimum Gasteiger partial charge on any atom is -0.444 e. The van der Waals surface area contributed by atoms with Gasteiger partial charge < -0.3 is 19.6 Å². The minimum absolute atomic E-state index is 0.294. The highest BCUT2D eigenvalue weighted by molar-refractivity contribution is 5.68. The van der Waals surface area contributed by atoms with Gasteiger partial charge in [-0.05, 0) is 27.7 Å². The Morgan fingerprint density at radius 1 is 1.50 bits per heavy atom. The van der Waals surface area contributed by atoms with Crippen molar-refractivity contribution in [3.8, 4) is 0 Å². The molecule has 104 valence electrons. The lowest BCUT2D eigenvalue weighted by Gasteiger charge is -2.29. The number of carbonyl (C=O) groups excluding carboxylic acids is 2. The second kappa shape index (κ2) is 5.14. The molecule has 0 bridgehead atoms. The van der Waals surface area contributed by atoms with Gasteiger partial charge in [0.15, 0.2) is 0 Å². The minimum atomic E-state index is -0.757. The number of carbonyl (C=O) groups is 2. The van der Waals surface area contributed by atoms with Crippen molar-refractivity contribution in [2.45, 2.75) is 51.5 Å².